The van der Waals surface area contributed by atoms with Crippen molar-refractivity contribution in [2.75, 3.05) is 0 Å². The van der Waals surface area contributed by atoms with Crippen LogP contribution >= 0.6 is 11.6 Å². The van der Waals surface area contributed by atoms with Crippen molar-refractivity contribution in [3.63, 3.8) is 0 Å². The summed E-state index contributed by atoms with van der Waals surface area (Å²) < 4.78 is 0. The molecule has 0 saturated heterocycles. The summed E-state index contributed by atoms with van der Waals surface area (Å²) in [6, 6.07) is 13.4. The third-order valence-corrected chi connectivity index (χ3v) is 3.60. The van der Waals surface area contributed by atoms with Crippen LogP contribution in [0.3, 0.4) is 0 Å². The lowest BCUT2D eigenvalue weighted by Gasteiger charge is -2.22. The van der Waals surface area contributed by atoms with E-state index in [2.05, 4.69) is 4.98 Å². The van der Waals surface area contributed by atoms with Gasteiger partial charge in [-0.1, -0.05) is 41.9 Å². The fourth-order valence-corrected chi connectivity index (χ4v) is 2.66. The highest BCUT2D eigenvalue weighted by molar-refractivity contribution is 6.29. The van der Waals surface area contributed by atoms with E-state index in [4.69, 9.17) is 11.6 Å². The van der Waals surface area contributed by atoms with Gasteiger partial charge in [-0.3, -0.25) is 4.79 Å². The molecule has 3 rings (SSSR count). The minimum Gasteiger partial charge on any atom is -0.293 e. The minimum absolute atomic E-state index is 0.0401. The summed E-state index contributed by atoms with van der Waals surface area (Å²) in [5.74, 6) is 0.119. The molecule has 2 nitrogen and oxygen atoms in total. The molecule has 0 spiro atoms. The molecule has 0 amide bonds. The van der Waals surface area contributed by atoms with Gasteiger partial charge in [-0.25, -0.2) is 4.98 Å². The van der Waals surface area contributed by atoms with Gasteiger partial charge in [-0.15, -0.1) is 0 Å². The Morgan fingerprint density at radius 3 is 2.67 bits per heavy atom. The van der Waals surface area contributed by atoms with Crippen LogP contribution in [0.4, 0.5) is 0 Å². The van der Waals surface area contributed by atoms with Gasteiger partial charge in [-0.2, -0.15) is 0 Å². The lowest BCUT2D eigenvalue weighted by Crippen LogP contribution is -2.21. The standard InChI is InChI=1S/C15H12ClNO/c16-14-9-7-12-13(17-14)8-6-11(15(12)18)10-4-2-1-3-5-10/h1-5,7,9,11H,6,8H2. The molecule has 1 aromatic carbocycles. The Kier molecular flexibility index (Phi) is 2.88. The number of aryl methyl sites for hydroxylation is 1. The van der Waals surface area contributed by atoms with Crippen LogP contribution in [0.1, 0.15) is 34.0 Å². The second-order valence-electron chi connectivity index (χ2n) is 4.49. The maximum absolute atomic E-state index is 12.4. The quantitative estimate of drug-likeness (QED) is 0.730. The molecule has 0 radical (unpaired) electrons. The Morgan fingerprint density at radius 2 is 1.89 bits per heavy atom. The van der Waals surface area contributed by atoms with Gasteiger partial charge in [-0.05, 0) is 30.5 Å². The van der Waals surface area contributed by atoms with Gasteiger partial charge in [0.1, 0.15) is 5.15 Å². The number of hydrogen-bond donors (Lipinski definition) is 0. The van der Waals surface area contributed by atoms with Gasteiger partial charge >= 0.3 is 0 Å². The first kappa shape index (κ1) is 11.4. The monoisotopic (exact) mass is 257 g/mol. The number of carbonyl (C=O) groups is 1. The second-order valence-corrected chi connectivity index (χ2v) is 4.88. The molecule has 0 aliphatic heterocycles. The van der Waals surface area contributed by atoms with Crippen molar-refractivity contribution in [2.45, 2.75) is 18.8 Å². The largest absolute Gasteiger partial charge is 0.293 e. The molecule has 1 aliphatic rings. The van der Waals surface area contributed by atoms with Crippen LogP contribution in [0.15, 0.2) is 42.5 Å². The lowest BCUT2D eigenvalue weighted by molar-refractivity contribution is 0.0945. The molecule has 1 aliphatic carbocycles. The van der Waals surface area contributed by atoms with Crippen molar-refractivity contribution in [1.29, 1.82) is 0 Å². The fraction of sp³-hybridized carbons (Fsp3) is 0.200. The summed E-state index contributed by atoms with van der Waals surface area (Å²) in [5, 5.41) is 0.458. The molecule has 90 valence electrons. The lowest BCUT2D eigenvalue weighted by atomic mass is 9.81. The van der Waals surface area contributed by atoms with Crippen LogP contribution in [0.2, 0.25) is 5.15 Å². The van der Waals surface area contributed by atoms with E-state index in [0.29, 0.717) is 5.15 Å². The van der Waals surface area contributed by atoms with E-state index in [9.17, 15) is 4.79 Å². The molecule has 0 bridgehead atoms. The number of ketones is 1. The number of aromatic nitrogens is 1. The van der Waals surface area contributed by atoms with Crippen LogP contribution in [0, 0.1) is 0 Å². The third kappa shape index (κ3) is 1.93. The molecular weight excluding hydrogens is 246 g/mol. The Morgan fingerprint density at radius 1 is 1.11 bits per heavy atom. The number of halogens is 1. The second kappa shape index (κ2) is 4.54. The number of nitrogens with zero attached hydrogens (tertiary/aromatic N) is 1. The van der Waals surface area contributed by atoms with Gasteiger partial charge in [0.25, 0.3) is 0 Å². The van der Waals surface area contributed by atoms with Crippen molar-refractivity contribution < 1.29 is 4.79 Å². The maximum atomic E-state index is 12.4. The molecule has 1 unspecified atom stereocenters. The number of carbonyl (C=O) groups excluding carboxylic acids is 1. The van der Waals surface area contributed by atoms with E-state index in [1.807, 2.05) is 30.3 Å². The number of Topliss-reactive ketones (excluding diaryl/α,β-unsaturated/α-hetero) is 1. The minimum atomic E-state index is -0.0401. The van der Waals surface area contributed by atoms with E-state index < -0.39 is 0 Å². The van der Waals surface area contributed by atoms with Crippen molar-refractivity contribution in [1.82, 2.24) is 4.98 Å². The number of pyridine rings is 1. The van der Waals surface area contributed by atoms with Crippen LogP contribution in [0.25, 0.3) is 0 Å². The first-order valence-corrected chi connectivity index (χ1v) is 6.38. The van der Waals surface area contributed by atoms with Gasteiger partial charge in [0.05, 0.1) is 5.69 Å². The summed E-state index contributed by atoms with van der Waals surface area (Å²) in [6.45, 7) is 0. The van der Waals surface area contributed by atoms with Gasteiger partial charge in [0.15, 0.2) is 5.78 Å². The Hall–Kier alpha value is -1.67. The van der Waals surface area contributed by atoms with Crippen molar-refractivity contribution in [2.24, 2.45) is 0 Å². The number of fused-ring (bicyclic) bond motifs is 1. The molecular formula is C15H12ClNO. The molecule has 0 N–H and O–H groups in total. The van der Waals surface area contributed by atoms with Crippen LogP contribution < -0.4 is 0 Å². The van der Waals surface area contributed by atoms with E-state index >= 15 is 0 Å². The Labute approximate surface area is 111 Å². The SMILES string of the molecule is O=C1c2ccc(Cl)nc2CCC1c1ccccc1. The summed E-state index contributed by atoms with van der Waals surface area (Å²) in [5.41, 5.74) is 2.64. The molecule has 1 heterocycles. The molecule has 18 heavy (non-hydrogen) atoms. The fourth-order valence-electron chi connectivity index (χ4n) is 2.49. The van der Waals surface area contributed by atoms with Gasteiger partial charge in [0.2, 0.25) is 0 Å². The van der Waals surface area contributed by atoms with E-state index in [1.165, 1.54) is 0 Å². The highest BCUT2D eigenvalue weighted by Crippen LogP contribution is 2.32. The first-order chi connectivity index (χ1) is 8.75. The molecule has 3 heteroatoms. The van der Waals surface area contributed by atoms with Gasteiger partial charge < -0.3 is 0 Å². The number of benzene rings is 1. The molecule has 2 aromatic rings. The maximum Gasteiger partial charge on any atom is 0.172 e. The van der Waals surface area contributed by atoms with Crippen LogP contribution in [0.5, 0.6) is 0 Å². The zero-order valence-electron chi connectivity index (χ0n) is 9.77. The zero-order chi connectivity index (χ0) is 12.5. The average molecular weight is 258 g/mol. The highest BCUT2D eigenvalue weighted by atomic mass is 35.5. The predicted octanol–water partition coefficient (Wildman–Crippen LogP) is 3.65. The van der Waals surface area contributed by atoms with Crippen LogP contribution in [-0.2, 0) is 6.42 Å². The van der Waals surface area contributed by atoms with E-state index in [1.54, 1.807) is 12.1 Å². The van der Waals surface area contributed by atoms with Crippen molar-refractivity contribution in [3.05, 3.63) is 64.4 Å². The number of rotatable bonds is 1. The van der Waals surface area contributed by atoms with E-state index in [0.717, 1.165) is 29.7 Å². The Bertz CT molecular complexity index is 595. The topological polar surface area (TPSA) is 30.0 Å². The summed E-state index contributed by atoms with van der Waals surface area (Å²) >= 11 is 5.86. The first-order valence-electron chi connectivity index (χ1n) is 6.00. The van der Waals surface area contributed by atoms with E-state index in [-0.39, 0.29) is 11.7 Å². The average Bonchev–Trinajstić information content (AvgIpc) is 2.40. The van der Waals surface area contributed by atoms with Crippen molar-refractivity contribution in [3.8, 4) is 0 Å². The van der Waals surface area contributed by atoms with Gasteiger partial charge in [0, 0.05) is 11.5 Å². The number of hydrogen-bond acceptors (Lipinski definition) is 2. The predicted molar refractivity (Wildman–Crippen MR) is 71.1 cm³/mol. The molecule has 0 saturated carbocycles. The van der Waals surface area contributed by atoms with Crippen LogP contribution in [-0.4, -0.2) is 10.8 Å². The third-order valence-electron chi connectivity index (χ3n) is 3.39. The normalized spacial score (nSPS) is 18.5. The summed E-state index contributed by atoms with van der Waals surface area (Å²) in [4.78, 5) is 16.7. The van der Waals surface area contributed by atoms with Crippen molar-refractivity contribution >= 4 is 17.4 Å². The molecule has 1 atom stereocenters. The zero-order valence-corrected chi connectivity index (χ0v) is 10.5. The summed E-state index contributed by atoms with van der Waals surface area (Å²) in [7, 11) is 0. The summed E-state index contributed by atoms with van der Waals surface area (Å²) in [6.07, 6.45) is 1.62. The molecule has 0 fully saturated rings. The Balaban J connectivity index is 2.00. The molecule has 1 aromatic heterocycles. The highest BCUT2D eigenvalue weighted by Gasteiger charge is 2.29. The smallest absolute Gasteiger partial charge is 0.172 e.